The van der Waals surface area contributed by atoms with Crippen LogP contribution in [-0.2, 0) is 4.74 Å². The fourth-order valence-electron chi connectivity index (χ4n) is 2.81. The number of hydrogen-bond acceptors (Lipinski definition) is 5. The second kappa shape index (κ2) is 6.22. The van der Waals surface area contributed by atoms with Crippen molar-refractivity contribution in [2.45, 2.75) is 45.3 Å². The van der Waals surface area contributed by atoms with Crippen molar-refractivity contribution < 1.29 is 4.74 Å². The summed E-state index contributed by atoms with van der Waals surface area (Å²) < 4.78 is 7.40. The minimum atomic E-state index is 0.387. The van der Waals surface area contributed by atoms with E-state index in [1.54, 1.807) is 11.0 Å². The van der Waals surface area contributed by atoms with Crippen molar-refractivity contribution in [2.75, 3.05) is 11.9 Å². The lowest BCUT2D eigenvalue weighted by Crippen LogP contribution is -2.33. The molecular weight excluding hydrogens is 266 g/mol. The average Bonchev–Trinajstić information content (AvgIpc) is 3.01. The SMILES string of the molecule is CCC1CC(Nc2ccc(-n3cnnn3)c(C)c2)CCO1. The number of aromatic nitrogens is 4. The maximum atomic E-state index is 5.72. The molecule has 1 aromatic heterocycles. The number of anilines is 1. The van der Waals surface area contributed by atoms with E-state index in [0.717, 1.165) is 42.8 Å². The third-order valence-corrected chi connectivity index (χ3v) is 3.99. The number of rotatable bonds is 4. The number of hydrogen-bond donors (Lipinski definition) is 1. The number of tetrazole rings is 1. The van der Waals surface area contributed by atoms with E-state index in [1.807, 2.05) is 6.07 Å². The van der Waals surface area contributed by atoms with Crippen molar-refractivity contribution in [3.05, 3.63) is 30.1 Å². The molecule has 0 amide bonds. The van der Waals surface area contributed by atoms with Crippen LogP contribution in [0.1, 0.15) is 31.7 Å². The van der Waals surface area contributed by atoms with E-state index in [4.69, 9.17) is 4.74 Å². The summed E-state index contributed by atoms with van der Waals surface area (Å²) in [5, 5.41) is 14.9. The molecule has 2 unspecified atom stereocenters. The first-order valence-electron chi connectivity index (χ1n) is 7.48. The molecule has 1 fully saturated rings. The molecule has 6 heteroatoms. The van der Waals surface area contributed by atoms with Crippen LogP contribution in [0.25, 0.3) is 5.69 Å². The van der Waals surface area contributed by atoms with Gasteiger partial charge in [0.05, 0.1) is 11.8 Å². The van der Waals surface area contributed by atoms with Gasteiger partial charge in [-0.3, -0.25) is 0 Å². The van der Waals surface area contributed by atoms with Gasteiger partial charge >= 0.3 is 0 Å². The highest BCUT2D eigenvalue weighted by molar-refractivity contribution is 5.53. The molecule has 21 heavy (non-hydrogen) atoms. The summed E-state index contributed by atoms with van der Waals surface area (Å²) in [7, 11) is 0. The first kappa shape index (κ1) is 14.0. The molecule has 3 rings (SSSR count). The van der Waals surface area contributed by atoms with Crippen molar-refractivity contribution in [1.82, 2.24) is 20.2 Å². The smallest absolute Gasteiger partial charge is 0.143 e. The molecule has 0 radical (unpaired) electrons. The summed E-state index contributed by atoms with van der Waals surface area (Å²) in [5.41, 5.74) is 3.29. The summed E-state index contributed by atoms with van der Waals surface area (Å²) in [6.45, 7) is 5.09. The Bertz CT molecular complexity index is 584. The number of nitrogens with zero attached hydrogens (tertiary/aromatic N) is 4. The number of aryl methyl sites for hydroxylation is 1. The molecular formula is C15H21N5O. The van der Waals surface area contributed by atoms with Crippen LogP contribution in [0.2, 0.25) is 0 Å². The fourth-order valence-corrected chi connectivity index (χ4v) is 2.81. The zero-order chi connectivity index (χ0) is 14.7. The summed E-state index contributed by atoms with van der Waals surface area (Å²) in [6.07, 6.45) is 5.21. The van der Waals surface area contributed by atoms with Gasteiger partial charge in [-0.25, -0.2) is 4.68 Å². The summed E-state index contributed by atoms with van der Waals surface area (Å²) in [6, 6.07) is 6.76. The Kier molecular flexibility index (Phi) is 4.15. The van der Waals surface area contributed by atoms with E-state index < -0.39 is 0 Å². The van der Waals surface area contributed by atoms with E-state index in [9.17, 15) is 0 Å². The van der Waals surface area contributed by atoms with Crippen LogP contribution in [0.4, 0.5) is 5.69 Å². The summed E-state index contributed by atoms with van der Waals surface area (Å²) in [5.74, 6) is 0. The molecule has 2 aromatic rings. The molecule has 6 nitrogen and oxygen atoms in total. The Morgan fingerprint density at radius 2 is 2.33 bits per heavy atom. The maximum absolute atomic E-state index is 5.72. The second-order valence-corrected chi connectivity index (χ2v) is 5.52. The molecule has 1 N–H and O–H groups in total. The Hall–Kier alpha value is -1.95. The van der Waals surface area contributed by atoms with Gasteiger partial charge in [0.25, 0.3) is 0 Å². The predicted molar refractivity (Wildman–Crippen MR) is 80.6 cm³/mol. The van der Waals surface area contributed by atoms with Crippen molar-refractivity contribution in [3.63, 3.8) is 0 Å². The molecule has 1 saturated heterocycles. The van der Waals surface area contributed by atoms with Crippen LogP contribution in [0, 0.1) is 6.92 Å². The molecule has 2 heterocycles. The number of nitrogens with one attached hydrogen (secondary N) is 1. The minimum Gasteiger partial charge on any atom is -0.382 e. The Morgan fingerprint density at radius 3 is 3.05 bits per heavy atom. The topological polar surface area (TPSA) is 64.9 Å². The van der Waals surface area contributed by atoms with Crippen LogP contribution in [0.3, 0.4) is 0 Å². The predicted octanol–water partition coefficient (Wildman–Crippen LogP) is 2.34. The van der Waals surface area contributed by atoms with Gasteiger partial charge in [-0.1, -0.05) is 6.92 Å². The van der Waals surface area contributed by atoms with Gasteiger partial charge in [0.1, 0.15) is 6.33 Å². The molecule has 1 aromatic carbocycles. The molecule has 1 aliphatic heterocycles. The van der Waals surface area contributed by atoms with E-state index >= 15 is 0 Å². The quantitative estimate of drug-likeness (QED) is 0.935. The second-order valence-electron chi connectivity index (χ2n) is 5.52. The van der Waals surface area contributed by atoms with Gasteiger partial charge in [0, 0.05) is 18.3 Å². The van der Waals surface area contributed by atoms with Crippen molar-refractivity contribution >= 4 is 5.69 Å². The molecule has 0 saturated carbocycles. The van der Waals surface area contributed by atoms with Crippen molar-refractivity contribution in [1.29, 1.82) is 0 Å². The lowest BCUT2D eigenvalue weighted by Gasteiger charge is -2.30. The van der Waals surface area contributed by atoms with Crippen LogP contribution < -0.4 is 5.32 Å². The first-order valence-corrected chi connectivity index (χ1v) is 7.48. The van der Waals surface area contributed by atoms with Crippen LogP contribution in [0.15, 0.2) is 24.5 Å². The summed E-state index contributed by atoms with van der Waals surface area (Å²) in [4.78, 5) is 0. The van der Waals surface area contributed by atoms with Crippen LogP contribution in [0.5, 0.6) is 0 Å². The minimum absolute atomic E-state index is 0.387. The van der Waals surface area contributed by atoms with E-state index in [-0.39, 0.29) is 0 Å². The van der Waals surface area contributed by atoms with Gasteiger partial charge < -0.3 is 10.1 Å². The van der Waals surface area contributed by atoms with Gasteiger partial charge in [-0.05, 0) is 60.4 Å². The Labute approximate surface area is 124 Å². The molecule has 1 aliphatic rings. The van der Waals surface area contributed by atoms with Gasteiger partial charge in [0.15, 0.2) is 0 Å². The third kappa shape index (κ3) is 3.21. The number of benzene rings is 1. The normalized spacial score (nSPS) is 22.2. The van der Waals surface area contributed by atoms with Gasteiger partial charge in [-0.2, -0.15) is 0 Å². The van der Waals surface area contributed by atoms with Crippen molar-refractivity contribution in [2.24, 2.45) is 0 Å². The lowest BCUT2D eigenvalue weighted by atomic mass is 10.0. The van der Waals surface area contributed by atoms with E-state index in [2.05, 4.69) is 46.8 Å². The molecule has 0 spiro atoms. The first-order chi connectivity index (χ1) is 10.3. The van der Waals surface area contributed by atoms with Crippen LogP contribution in [-0.4, -0.2) is 39.0 Å². The van der Waals surface area contributed by atoms with Gasteiger partial charge in [0.2, 0.25) is 0 Å². The van der Waals surface area contributed by atoms with Crippen LogP contribution >= 0.6 is 0 Å². The van der Waals surface area contributed by atoms with Crippen molar-refractivity contribution in [3.8, 4) is 5.69 Å². The Balaban J connectivity index is 1.71. The highest BCUT2D eigenvalue weighted by atomic mass is 16.5. The Morgan fingerprint density at radius 1 is 1.43 bits per heavy atom. The summed E-state index contributed by atoms with van der Waals surface area (Å²) >= 11 is 0. The fraction of sp³-hybridized carbons (Fsp3) is 0.533. The highest BCUT2D eigenvalue weighted by Gasteiger charge is 2.21. The number of ether oxygens (including phenoxy) is 1. The molecule has 2 atom stereocenters. The monoisotopic (exact) mass is 287 g/mol. The van der Waals surface area contributed by atoms with Gasteiger partial charge in [-0.15, -0.1) is 5.10 Å². The zero-order valence-electron chi connectivity index (χ0n) is 12.5. The molecule has 112 valence electrons. The maximum Gasteiger partial charge on any atom is 0.143 e. The highest BCUT2D eigenvalue weighted by Crippen LogP contribution is 2.23. The zero-order valence-corrected chi connectivity index (χ0v) is 12.5. The average molecular weight is 287 g/mol. The molecule has 0 bridgehead atoms. The van der Waals surface area contributed by atoms with E-state index in [1.165, 1.54) is 0 Å². The van der Waals surface area contributed by atoms with E-state index in [0.29, 0.717) is 12.1 Å². The standard InChI is InChI=1S/C15H21N5O/c1-3-14-9-13(6-7-21-14)17-12-4-5-15(11(2)8-12)20-10-16-18-19-20/h4-5,8,10,13-14,17H,3,6-7,9H2,1-2H3. The molecule has 0 aliphatic carbocycles. The largest absolute Gasteiger partial charge is 0.382 e. The third-order valence-electron chi connectivity index (χ3n) is 3.99. The lowest BCUT2D eigenvalue weighted by molar-refractivity contribution is 0.00926.